The molecule has 3 aromatic rings. The van der Waals surface area contributed by atoms with Gasteiger partial charge >= 0.3 is 0 Å². The molecule has 0 saturated heterocycles. The van der Waals surface area contributed by atoms with Gasteiger partial charge in [-0.3, -0.25) is 14.2 Å². The van der Waals surface area contributed by atoms with Crippen LogP contribution in [-0.2, 0) is 4.79 Å². The molecule has 2 aliphatic rings. The minimum Gasteiger partial charge on any atom is -0.336 e. The number of hydrogen-bond acceptors (Lipinski definition) is 4. The zero-order valence-corrected chi connectivity index (χ0v) is 18.0. The van der Waals surface area contributed by atoms with E-state index in [0.717, 1.165) is 25.7 Å². The van der Waals surface area contributed by atoms with E-state index >= 15 is 0 Å². The molecule has 1 amide bonds. The molecule has 0 spiro atoms. The maximum absolute atomic E-state index is 13.5. The molecule has 5 nitrogen and oxygen atoms in total. The molecule has 1 aromatic heterocycles. The van der Waals surface area contributed by atoms with Gasteiger partial charge in [-0.25, -0.2) is 9.37 Å². The van der Waals surface area contributed by atoms with Gasteiger partial charge < -0.3 is 4.90 Å². The fourth-order valence-corrected chi connectivity index (χ4v) is 5.35. The molecule has 7 heteroatoms. The van der Waals surface area contributed by atoms with Crippen LogP contribution >= 0.6 is 11.8 Å². The molecule has 0 bridgehead atoms. The summed E-state index contributed by atoms with van der Waals surface area (Å²) >= 11 is 1.28. The van der Waals surface area contributed by atoms with Crippen LogP contribution in [-0.4, -0.2) is 38.2 Å². The number of carbonyl (C=O) groups is 1. The molecule has 1 heterocycles. The van der Waals surface area contributed by atoms with Gasteiger partial charge in [0.1, 0.15) is 5.82 Å². The van der Waals surface area contributed by atoms with Gasteiger partial charge in [-0.05, 0) is 62.1 Å². The Balaban J connectivity index is 1.48. The molecule has 31 heavy (non-hydrogen) atoms. The summed E-state index contributed by atoms with van der Waals surface area (Å²) in [5.41, 5.74) is 0.909. The largest absolute Gasteiger partial charge is 0.336 e. The fourth-order valence-electron chi connectivity index (χ4n) is 4.47. The summed E-state index contributed by atoms with van der Waals surface area (Å²) in [4.78, 5) is 33.2. The van der Waals surface area contributed by atoms with Crippen molar-refractivity contribution < 1.29 is 9.18 Å². The monoisotopic (exact) mass is 437 g/mol. The molecule has 160 valence electrons. The van der Waals surface area contributed by atoms with E-state index in [1.165, 1.54) is 41.3 Å². The van der Waals surface area contributed by atoms with E-state index in [-0.39, 0.29) is 23.0 Å². The molecule has 2 fully saturated rings. The SMILES string of the molecule is O=C(CSc1nc2ccccc2c(=O)n1-c1ccc(F)cc1)N(C1CCCC1)C1CC1. The van der Waals surface area contributed by atoms with Gasteiger partial charge in [0.25, 0.3) is 5.56 Å². The number of hydrogen-bond donors (Lipinski definition) is 0. The molecule has 0 unspecified atom stereocenters. The molecular formula is C24H24FN3O2S. The van der Waals surface area contributed by atoms with E-state index in [0.29, 0.717) is 33.8 Å². The molecule has 2 aromatic carbocycles. The highest BCUT2D eigenvalue weighted by Crippen LogP contribution is 2.35. The minimum absolute atomic E-state index is 0.118. The van der Waals surface area contributed by atoms with Gasteiger partial charge in [0.2, 0.25) is 5.91 Å². The first-order valence-corrected chi connectivity index (χ1v) is 11.8. The standard InChI is InChI=1S/C24H24FN3O2S/c25-16-9-11-19(12-10-16)28-23(30)20-7-3-4-8-21(20)26-24(28)31-15-22(29)27(18-13-14-18)17-5-1-2-6-17/h3-4,7-12,17-18H,1-2,5-6,13-15H2. The van der Waals surface area contributed by atoms with Crippen molar-refractivity contribution >= 4 is 28.6 Å². The normalized spacial score (nSPS) is 16.7. The fraction of sp³-hybridized carbons (Fsp3) is 0.375. The van der Waals surface area contributed by atoms with Crippen molar-refractivity contribution in [3.8, 4) is 5.69 Å². The number of halogens is 1. The number of rotatable bonds is 6. The number of benzene rings is 2. The number of aromatic nitrogens is 2. The van der Waals surface area contributed by atoms with E-state index in [1.807, 2.05) is 6.07 Å². The third kappa shape index (κ3) is 4.11. The molecule has 0 N–H and O–H groups in total. The average Bonchev–Trinajstić information content (AvgIpc) is 3.46. The molecule has 0 radical (unpaired) electrons. The quantitative estimate of drug-likeness (QED) is 0.419. The lowest BCUT2D eigenvalue weighted by atomic mass is 10.2. The number of nitrogens with zero attached hydrogens (tertiary/aromatic N) is 3. The topological polar surface area (TPSA) is 55.2 Å². The van der Waals surface area contributed by atoms with Crippen molar-refractivity contribution in [2.24, 2.45) is 0 Å². The maximum atomic E-state index is 13.5. The van der Waals surface area contributed by atoms with Gasteiger partial charge in [-0.1, -0.05) is 36.7 Å². The van der Waals surface area contributed by atoms with Crippen LogP contribution in [0.15, 0.2) is 58.5 Å². The molecule has 5 rings (SSSR count). The van der Waals surface area contributed by atoms with Crippen LogP contribution in [0.5, 0.6) is 0 Å². The van der Waals surface area contributed by atoms with Crippen molar-refractivity contribution in [2.45, 2.75) is 55.8 Å². The van der Waals surface area contributed by atoms with Crippen molar-refractivity contribution in [1.82, 2.24) is 14.5 Å². The number of amides is 1. The first-order chi connectivity index (χ1) is 15.1. The number of thioether (sulfide) groups is 1. The van der Waals surface area contributed by atoms with Crippen LogP contribution < -0.4 is 5.56 Å². The van der Waals surface area contributed by atoms with Crippen LogP contribution in [0.4, 0.5) is 4.39 Å². The first kappa shape index (κ1) is 20.2. The van der Waals surface area contributed by atoms with Crippen LogP contribution in [0.3, 0.4) is 0 Å². The maximum Gasteiger partial charge on any atom is 0.266 e. The molecule has 0 atom stereocenters. The highest BCUT2D eigenvalue weighted by molar-refractivity contribution is 7.99. The Morgan fingerprint density at radius 3 is 2.42 bits per heavy atom. The Kier molecular flexibility index (Phi) is 5.52. The van der Waals surface area contributed by atoms with Crippen LogP contribution in [0.1, 0.15) is 38.5 Å². The van der Waals surface area contributed by atoms with Crippen LogP contribution in [0.2, 0.25) is 0 Å². The van der Waals surface area contributed by atoms with Crippen LogP contribution in [0, 0.1) is 5.82 Å². The number of fused-ring (bicyclic) bond motifs is 1. The van der Waals surface area contributed by atoms with Crippen molar-refractivity contribution in [2.75, 3.05) is 5.75 Å². The summed E-state index contributed by atoms with van der Waals surface area (Å²) in [6.07, 6.45) is 6.71. The van der Waals surface area contributed by atoms with Gasteiger partial charge in [0.15, 0.2) is 5.16 Å². The number of carbonyl (C=O) groups excluding carboxylic acids is 1. The summed E-state index contributed by atoms with van der Waals surface area (Å²) in [7, 11) is 0. The van der Waals surface area contributed by atoms with Gasteiger partial charge in [0, 0.05) is 12.1 Å². The second-order valence-corrected chi connectivity index (χ2v) is 9.23. The molecule has 0 aliphatic heterocycles. The zero-order valence-electron chi connectivity index (χ0n) is 17.2. The van der Waals surface area contributed by atoms with E-state index in [2.05, 4.69) is 9.88 Å². The lowest BCUT2D eigenvalue weighted by molar-refractivity contribution is -0.131. The smallest absolute Gasteiger partial charge is 0.266 e. The lowest BCUT2D eigenvalue weighted by Gasteiger charge is -2.29. The Morgan fingerprint density at radius 1 is 1.03 bits per heavy atom. The van der Waals surface area contributed by atoms with Crippen LogP contribution in [0.25, 0.3) is 16.6 Å². The lowest BCUT2D eigenvalue weighted by Crippen LogP contribution is -2.41. The summed E-state index contributed by atoms with van der Waals surface area (Å²) in [6.45, 7) is 0. The third-order valence-electron chi connectivity index (χ3n) is 6.10. The Morgan fingerprint density at radius 2 is 1.71 bits per heavy atom. The Bertz CT molecular complexity index is 1170. The van der Waals surface area contributed by atoms with E-state index in [1.54, 1.807) is 30.3 Å². The van der Waals surface area contributed by atoms with Gasteiger partial charge in [-0.15, -0.1) is 0 Å². The minimum atomic E-state index is -0.369. The van der Waals surface area contributed by atoms with Crippen molar-refractivity contribution in [1.29, 1.82) is 0 Å². The zero-order chi connectivity index (χ0) is 21.4. The summed E-state index contributed by atoms with van der Waals surface area (Å²) < 4.78 is 15.0. The number of para-hydroxylation sites is 1. The van der Waals surface area contributed by atoms with E-state index in [4.69, 9.17) is 0 Å². The summed E-state index contributed by atoms with van der Waals surface area (Å²) in [5.74, 6) is -0.0158. The molecule has 2 aliphatic carbocycles. The van der Waals surface area contributed by atoms with Crippen molar-refractivity contribution in [3.63, 3.8) is 0 Å². The predicted molar refractivity (Wildman–Crippen MR) is 120 cm³/mol. The third-order valence-corrected chi connectivity index (χ3v) is 7.02. The Labute approximate surface area is 184 Å². The summed E-state index contributed by atoms with van der Waals surface area (Å²) in [5, 5.41) is 0.943. The Hall–Kier alpha value is -2.67. The predicted octanol–water partition coefficient (Wildman–Crippen LogP) is 4.55. The van der Waals surface area contributed by atoms with Gasteiger partial charge in [-0.2, -0.15) is 0 Å². The van der Waals surface area contributed by atoms with E-state index < -0.39 is 0 Å². The van der Waals surface area contributed by atoms with Gasteiger partial charge in [0.05, 0.1) is 22.3 Å². The average molecular weight is 438 g/mol. The second kappa shape index (κ2) is 8.46. The highest BCUT2D eigenvalue weighted by Gasteiger charge is 2.38. The highest BCUT2D eigenvalue weighted by atomic mass is 32.2. The van der Waals surface area contributed by atoms with E-state index in [9.17, 15) is 14.0 Å². The molecule has 2 saturated carbocycles. The first-order valence-electron chi connectivity index (χ1n) is 10.8. The molecular weight excluding hydrogens is 413 g/mol. The summed E-state index contributed by atoms with van der Waals surface area (Å²) in [6, 6.07) is 13.7. The second-order valence-electron chi connectivity index (χ2n) is 8.29. The van der Waals surface area contributed by atoms with Crippen molar-refractivity contribution in [3.05, 3.63) is 64.7 Å².